The van der Waals surface area contributed by atoms with Crippen molar-refractivity contribution >= 4 is 11.6 Å². The monoisotopic (exact) mass is 179 g/mol. The van der Waals surface area contributed by atoms with E-state index in [1.165, 1.54) is 0 Å². The zero-order valence-corrected chi connectivity index (χ0v) is 8.36. The van der Waals surface area contributed by atoms with E-state index < -0.39 is 5.60 Å². The summed E-state index contributed by atoms with van der Waals surface area (Å²) in [5.41, 5.74) is -0.609. The first-order chi connectivity index (χ1) is 4.99. The zero-order chi connectivity index (χ0) is 8.91. The molecule has 68 valence electrons. The molecule has 0 unspecified atom stereocenters. The van der Waals surface area contributed by atoms with Crippen molar-refractivity contribution < 1.29 is 5.11 Å². The molecule has 1 N–H and O–H groups in total. The standard InChI is InChI=1S/C8H18ClNO/c1-4-10(6-5-9)7-8(2,3)11/h11H,4-7H2,1-3H3. The molecule has 11 heavy (non-hydrogen) atoms. The van der Waals surface area contributed by atoms with Crippen molar-refractivity contribution in [1.82, 2.24) is 4.90 Å². The number of aliphatic hydroxyl groups is 1. The van der Waals surface area contributed by atoms with Crippen LogP contribution in [0.25, 0.3) is 0 Å². The van der Waals surface area contributed by atoms with Crippen molar-refractivity contribution in [2.45, 2.75) is 26.4 Å². The first-order valence-electron chi connectivity index (χ1n) is 4.00. The van der Waals surface area contributed by atoms with Gasteiger partial charge in [0.15, 0.2) is 0 Å². The molecule has 3 heteroatoms. The van der Waals surface area contributed by atoms with E-state index in [2.05, 4.69) is 11.8 Å². The van der Waals surface area contributed by atoms with Gasteiger partial charge in [-0.1, -0.05) is 6.92 Å². The molecular formula is C8H18ClNO. The second kappa shape index (κ2) is 4.96. The average molecular weight is 180 g/mol. The summed E-state index contributed by atoms with van der Waals surface area (Å²) in [5.74, 6) is 0.629. The van der Waals surface area contributed by atoms with Crippen LogP contribution < -0.4 is 0 Å². The van der Waals surface area contributed by atoms with Gasteiger partial charge in [0.05, 0.1) is 5.60 Å². The van der Waals surface area contributed by atoms with Crippen LogP contribution in [0.15, 0.2) is 0 Å². The molecule has 0 aliphatic rings. The molecule has 0 aromatic heterocycles. The molecule has 0 aliphatic heterocycles. The molecule has 0 rings (SSSR count). The lowest BCUT2D eigenvalue weighted by Crippen LogP contribution is -2.39. The Kier molecular flexibility index (Phi) is 5.06. The maximum atomic E-state index is 9.46. The number of hydrogen-bond donors (Lipinski definition) is 1. The summed E-state index contributed by atoms with van der Waals surface area (Å²) in [5, 5.41) is 9.46. The van der Waals surface area contributed by atoms with Crippen molar-refractivity contribution in [3.8, 4) is 0 Å². The fourth-order valence-corrected chi connectivity index (χ4v) is 1.25. The Balaban J connectivity index is 3.68. The third-order valence-electron chi connectivity index (χ3n) is 1.46. The van der Waals surface area contributed by atoms with Crippen LogP contribution in [0.4, 0.5) is 0 Å². The summed E-state index contributed by atoms with van der Waals surface area (Å²) in [4.78, 5) is 2.13. The minimum Gasteiger partial charge on any atom is -0.389 e. The summed E-state index contributed by atoms with van der Waals surface area (Å²) < 4.78 is 0. The third-order valence-corrected chi connectivity index (χ3v) is 1.63. The summed E-state index contributed by atoms with van der Waals surface area (Å²) >= 11 is 5.58. The maximum absolute atomic E-state index is 9.46. The highest BCUT2D eigenvalue weighted by molar-refractivity contribution is 6.18. The number of halogens is 1. The summed E-state index contributed by atoms with van der Waals surface area (Å²) in [6, 6.07) is 0. The molecule has 0 saturated carbocycles. The van der Waals surface area contributed by atoms with Crippen LogP contribution in [0.5, 0.6) is 0 Å². The average Bonchev–Trinajstić information content (AvgIpc) is 1.84. The van der Waals surface area contributed by atoms with Crippen LogP contribution in [0.3, 0.4) is 0 Å². The third kappa shape index (κ3) is 6.60. The quantitative estimate of drug-likeness (QED) is 0.644. The molecule has 0 aromatic rings. The number of alkyl halides is 1. The van der Waals surface area contributed by atoms with Crippen LogP contribution in [-0.2, 0) is 0 Å². The Hall–Kier alpha value is 0.210. The fraction of sp³-hybridized carbons (Fsp3) is 1.00. The summed E-state index contributed by atoms with van der Waals surface area (Å²) in [6.07, 6.45) is 0. The van der Waals surface area contributed by atoms with Gasteiger partial charge < -0.3 is 5.11 Å². The predicted octanol–water partition coefficient (Wildman–Crippen LogP) is 1.32. The second-order valence-electron chi connectivity index (χ2n) is 3.37. The lowest BCUT2D eigenvalue weighted by Gasteiger charge is -2.27. The molecular weight excluding hydrogens is 162 g/mol. The van der Waals surface area contributed by atoms with Gasteiger partial charge in [-0.3, -0.25) is 4.90 Å². The Morgan fingerprint density at radius 2 is 2.00 bits per heavy atom. The van der Waals surface area contributed by atoms with E-state index in [1.807, 2.05) is 13.8 Å². The van der Waals surface area contributed by atoms with Gasteiger partial charge in [0.25, 0.3) is 0 Å². The van der Waals surface area contributed by atoms with Crippen molar-refractivity contribution in [3.05, 3.63) is 0 Å². The lowest BCUT2D eigenvalue weighted by atomic mass is 10.1. The summed E-state index contributed by atoms with van der Waals surface area (Å²) in [6.45, 7) is 8.17. The predicted molar refractivity (Wildman–Crippen MR) is 49.1 cm³/mol. The van der Waals surface area contributed by atoms with Crippen molar-refractivity contribution in [3.63, 3.8) is 0 Å². The Bertz CT molecular complexity index is 101. The molecule has 2 nitrogen and oxygen atoms in total. The van der Waals surface area contributed by atoms with E-state index >= 15 is 0 Å². The Morgan fingerprint density at radius 1 is 1.45 bits per heavy atom. The molecule has 0 saturated heterocycles. The van der Waals surface area contributed by atoms with Gasteiger partial charge in [0, 0.05) is 19.0 Å². The smallest absolute Gasteiger partial charge is 0.0718 e. The highest BCUT2D eigenvalue weighted by Gasteiger charge is 2.16. The summed E-state index contributed by atoms with van der Waals surface area (Å²) in [7, 11) is 0. The van der Waals surface area contributed by atoms with Crippen molar-refractivity contribution in [2.75, 3.05) is 25.5 Å². The van der Waals surface area contributed by atoms with Crippen LogP contribution in [-0.4, -0.2) is 41.1 Å². The number of nitrogens with zero attached hydrogens (tertiary/aromatic N) is 1. The van der Waals surface area contributed by atoms with Gasteiger partial charge in [0.1, 0.15) is 0 Å². The molecule has 0 aromatic carbocycles. The normalized spacial score (nSPS) is 12.5. The number of likely N-dealkylation sites (N-methyl/N-ethyl adjacent to an activating group) is 1. The van der Waals surface area contributed by atoms with E-state index in [1.54, 1.807) is 0 Å². The topological polar surface area (TPSA) is 23.5 Å². The lowest BCUT2D eigenvalue weighted by molar-refractivity contribution is 0.0399. The molecule has 0 amide bonds. The zero-order valence-electron chi connectivity index (χ0n) is 7.60. The number of rotatable bonds is 5. The van der Waals surface area contributed by atoms with Crippen LogP contribution in [0.1, 0.15) is 20.8 Å². The molecule has 0 fully saturated rings. The largest absolute Gasteiger partial charge is 0.389 e. The minimum absolute atomic E-state index is 0.609. The molecule has 0 aliphatic carbocycles. The second-order valence-corrected chi connectivity index (χ2v) is 3.75. The van der Waals surface area contributed by atoms with E-state index in [9.17, 15) is 5.11 Å². The van der Waals surface area contributed by atoms with Gasteiger partial charge in [-0.25, -0.2) is 0 Å². The molecule has 0 radical (unpaired) electrons. The first-order valence-corrected chi connectivity index (χ1v) is 4.53. The van der Waals surface area contributed by atoms with Gasteiger partial charge >= 0.3 is 0 Å². The fourth-order valence-electron chi connectivity index (χ4n) is 1.02. The van der Waals surface area contributed by atoms with Crippen LogP contribution in [0.2, 0.25) is 0 Å². The van der Waals surface area contributed by atoms with Gasteiger partial charge in [0.2, 0.25) is 0 Å². The van der Waals surface area contributed by atoms with Gasteiger partial charge in [-0.15, -0.1) is 11.6 Å². The van der Waals surface area contributed by atoms with Crippen molar-refractivity contribution in [2.24, 2.45) is 0 Å². The molecule has 0 bridgehead atoms. The molecule has 0 atom stereocenters. The molecule has 0 heterocycles. The van der Waals surface area contributed by atoms with E-state index in [-0.39, 0.29) is 0 Å². The highest BCUT2D eigenvalue weighted by Crippen LogP contribution is 2.04. The van der Waals surface area contributed by atoms with Crippen LogP contribution in [0, 0.1) is 0 Å². The highest BCUT2D eigenvalue weighted by atomic mass is 35.5. The number of hydrogen-bond acceptors (Lipinski definition) is 2. The minimum atomic E-state index is -0.609. The van der Waals surface area contributed by atoms with Gasteiger partial charge in [-0.2, -0.15) is 0 Å². The molecule has 0 spiro atoms. The van der Waals surface area contributed by atoms with E-state index in [0.29, 0.717) is 12.4 Å². The maximum Gasteiger partial charge on any atom is 0.0718 e. The SMILES string of the molecule is CCN(CCCl)CC(C)(C)O. The Labute approximate surface area is 74.2 Å². The van der Waals surface area contributed by atoms with E-state index in [0.717, 1.165) is 13.1 Å². The van der Waals surface area contributed by atoms with Crippen molar-refractivity contribution in [1.29, 1.82) is 0 Å². The van der Waals surface area contributed by atoms with Gasteiger partial charge in [-0.05, 0) is 20.4 Å². The van der Waals surface area contributed by atoms with Crippen LogP contribution >= 0.6 is 11.6 Å². The Morgan fingerprint density at radius 3 is 2.27 bits per heavy atom. The van der Waals surface area contributed by atoms with E-state index in [4.69, 9.17) is 11.6 Å². The first kappa shape index (κ1) is 11.2.